The first kappa shape index (κ1) is 14.8. The molecule has 0 aromatic heterocycles. The van der Waals surface area contributed by atoms with Crippen molar-refractivity contribution >= 4 is 15.9 Å². The highest BCUT2D eigenvalue weighted by Crippen LogP contribution is 2.40. The van der Waals surface area contributed by atoms with Gasteiger partial charge in [-0.25, -0.2) is 0 Å². The molecule has 2 rings (SSSR count). The van der Waals surface area contributed by atoms with Crippen LogP contribution in [0.5, 0.6) is 0 Å². The van der Waals surface area contributed by atoms with Crippen LogP contribution in [0.2, 0.25) is 0 Å². The van der Waals surface area contributed by atoms with E-state index in [9.17, 15) is 0 Å². The van der Waals surface area contributed by atoms with Gasteiger partial charge in [-0.1, -0.05) is 49.5 Å². The molecule has 0 aromatic rings. The van der Waals surface area contributed by atoms with Gasteiger partial charge in [0.2, 0.25) is 0 Å². The minimum Gasteiger partial charge on any atom is -0.371 e. The van der Waals surface area contributed by atoms with Gasteiger partial charge >= 0.3 is 0 Å². The predicted molar refractivity (Wildman–Crippen MR) is 81.2 cm³/mol. The molecule has 0 heterocycles. The van der Waals surface area contributed by atoms with Crippen molar-refractivity contribution in [2.75, 3.05) is 5.33 Å². The van der Waals surface area contributed by atoms with Gasteiger partial charge in [-0.2, -0.15) is 0 Å². The summed E-state index contributed by atoms with van der Waals surface area (Å²) in [4.78, 5) is 0. The number of hydrogen-bond donors (Lipinski definition) is 0. The average molecular weight is 317 g/mol. The lowest BCUT2D eigenvalue weighted by Gasteiger charge is -2.43. The van der Waals surface area contributed by atoms with E-state index in [4.69, 9.17) is 4.74 Å². The standard InChI is InChI=1S/C16H29BrO/c1-12-5-4-6-16(10-12,11-17)18-15-8-13(2)7-14(3)9-15/h12-15H,4-11H2,1-3H3. The summed E-state index contributed by atoms with van der Waals surface area (Å²) in [6.45, 7) is 7.15. The van der Waals surface area contributed by atoms with Crippen LogP contribution >= 0.6 is 15.9 Å². The summed E-state index contributed by atoms with van der Waals surface area (Å²) in [5.41, 5.74) is 0.138. The average Bonchev–Trinajstić information content (AvgIpc) is 2.27. The zero-order chi connectivity index (χ0) is 13.2. The Labute approximate surface area is 121 Å². The Bertz CT molecular complexity index is 258. The minimum absolute atomic E-state index is 0.138. The van der Waals surface area contributed by atoms with Crippen molar-refractivity contribution in [1.29, 1.82) is 0 Å². The highest BCUT2D eigenvalue weighted by molar-refractivity contribution is 9.09. The van der Waals surface area contributed by atoms with Gasteiger partial charge in [0.15, 0.2) is 0 Å². The predicted octanol–water partition coefficient (Wildman–Crippen LogP) is 5.17. The van der Waals surface area contributed by atoms with Gasteiger partial charge in [0.1, 0.15) is 0 Å². The van der Waals surface area contributed by atoms with Gasteiger partial charge in [0.25, 0.3) is 0 Å². The van der Waals surface area contributed by atoms with Crippen molar-refractivity contribution in [1.82, 2.24) is 0 Å². The Morgan fingerprint density at radius 2 is 1.72 bits per heavy atom. The van der Waals surface area contributed by atoms with Crippen molar-refractivity contribution in [3.05, 3.63) is 0 Å². The summed E-state index contributed by atoms with van der Waals surface area (Å²) < 4.78 is 6.63. The van der Waals surface area contributed by atoms with E-state index in [1.54, 1.807) is 0 Å². The number of hydrogen-bond acceptors (Lipinski definition) is 1. The van der Waals surface area contributed by atoms with Crippen LogP contribution in [0.4, 0.5) is 0 Å². The Balaban J connectivity index is 1.96. The van der Waals surface area contributed by atoms with E-state index in [0.717, 1.165) is 23.1 Å². The van der Waals surface area contributed by atoms with E-state index < -0.39 is 0 Å². The number of alkyl halides is 1. The summed E-state index contributed by atoms with van der Waals surface area (Å²) in [7, 11) is 0. The normalized spacial score (nSPS) is 46.0. The van der Waals surface area contributed by atoms with Crippen LogP contribution in [-0.2, 0) is 4.74 Å². The summed E-state index contributed by atoms with van der Waals surface area (Å²) in [6, 6.07) is 0. The van der Waals surface area contributed by atoms with E-state index in [1.807, 2.05) is 0 Å². The molecule has 2 heteroatoms. The zero-order valence-electron chi connectivity index (χ0n) is 12.3. The molecular weight excluding hydrogens is 288 g/mol. The molecule has 0 aliphatic heterocycles. The second-order valence-electron chi connectivity index (χ2n) is 7.18. The second-order valence-corrected chi connectivity index (χ2v) is 7.74. The van der Waals surface area contributed by atoms with Crippen LogP contribution in [0, 0.1) is 17.8 Å². The number of halogens is 1. The first-order valence-corrected chi connectivity index (χ1v) is 8.89. The van der Waals surface area contributed by atoms with Crippen LogP contribution in [0.25, 0.3) is 0 Å². The van der Waals surface area contributed by atoms with Crippen molar-refractivity contribution < 1.29 is 4.74 Å². The topological polar surface area (TPSA) is 9.23 Å². The highest BCUT2D eigenvalue weighted by atomic mass is 79.9. The fraction of sp³-hybridized carbons (Fsp3) is 1.00. The first-order valence-electron chi connectivity index (χ1n) is 7.77. The summed E-state index contributed by atoms with van der Waals surface area (Å²) in [5.74, 6) is 2.51. The van der Waals surface area contributed by atoms with E-state index in [-0.39, 0.29) is 5.60 Å². The molecule has 2 saturated carbocycles. The smallest absolute Gasteiger partial charge is 0.0785 e. The molecule has 1 nitrogen and oxygen atoms in total. The second kappa shape index (κ2) is 6.26. The van der Waals surface area contributed by atoms with Gasteiger partial charge in [0, 0.05) is 5.33 Å². The quantitative estimate of drug-likeness (QED) is 0.652. The lowest BCUT2D eigenvalue weighted by atomic mass is 9.78. The molecule has 106 valence electrons. The maximum absolute atomic E-state index is 6.63. The van der Waals surface area contributed by atoms with Gasteiger partial charge in [-0.15, -0.1) is 0 Å². The molecule has 18 heavy (non-hydrogen) atoms. The van der Waals surface area contributed by atoms with Crippen LogP contribution in [0.1, 0.15) is 65.7 Å². The van der Waals surface area contributed by atoms with Crippen LogP contribution in [-0.4, -0.2) is 17.0 Å². The van der Waals surface area contributed by atoms with Gasteiger partial charge in [-0.3, -0.25) is 0 Å². The van der Waals surface area contributed by atoms with E-state index in [1.165, 1.54) is 44.9 Å². The molecule has 0 radical (unpaired) electrons. The highest BCUT2D eigenvalue weighted by Gasteiger charge is 2.38. The number of ether oxygens (including phenoxy) is 1. The molecule has 4 unspecified atom stereocenters. The van der Waals surface area contributed by atoms with Crippen molar-refractivity contribution in [3.8, 4) is 0 Å². The van der Waals surface area contributed by atoms with E-state index in [0.29, 0.717) is 6.10 Å². The molecule has 0 saturated heterocycles. The Hall–Kier alpha value is 0.440. The lowest BCUT2D eigenvalue weighted by Crippen LogP contribution is -2.44. The van der Waals surface area contributed by atoms with Crippen LogP contribution in [0.3, 0.4) is 0 Å². The van der Waals surface area contributed by atoms with Crippen molar-refractivity contribution in [3.63, 3.8) is 0 Å². The molecule has 2 aliphatic carbocycles. The molecule has 0 N–H and O–H groups in total. The van der Waals surface area contributed by atoms with Crippen molar-refractivity contribution in [2.24, 2.45) is 17.8 Å². The molecule has 0 bridgehead atoms. The fourth-order valence-electron chi connectivity index (χ4n) is 4.19. The van der Waals surface area contributed by atoms with Gasteiger partial charge in [-0.05, 0) is 49.9 Å². The summed E-state index contributed by atoms with van der Waals surface area (Å²) in [5, 5.41) is 1.02. The molecule has 0 spiro atoms. The monoisotopic (exact) mass is 316 g/mol. The zero-order valence-corrected chi connectivity index (χ0v) is 13.8. The number of rotatable bonds is 3. The lowest BCUT2D eigenvalue weighted by molar-refractivity contribution is -0.127. The van der Waals surface area contributed by atoms with Gasteiger partial charge < -0.3 is 4.74 Å². The largest absolute Gasteiger partial charge is 0.371 e. The maximum atomic E-state index is 6.63. The Morgan fingerprint density at radius 3 is 2.28 bits per heavy atom. The minimum atomic E-state index is 0.138. The molecule has 2 aliphatic rings. The Kier molecular flexibility index (Phi) is 5.16. The molecule has 2 fully saturated rings. The third kappa shape index (κ3) is 3.72. The Morgan fingerprint density at radius 1 is 1.06 bits per heavy atom. The van der Waals surface area contributed by atoms with Crippen LogP contribution < -0.4 is 0 Å². The maximum Gasteiger partial charge on any atom is 0.0785 e. The summed E-state index contributed by atoms with van der Waals surface area (Å²) in [6.07, 6.45) is 9.66. The summed E-state index contributed by atoms with van der Waals surface area (Å²) >= 11 is 3.73. The van der Waals surface area contributed by atoms with Gasteiger partial charge in [0.05, 0.1) is 11.7 Å². The molecular formula is C16H29BrO. The van der Waals surface area contributed by atoms with Crippen molar-refractivity contribution in [2.45, 2.75) is 77.4 Å². The third-order valence-corrected chi connectivity index (χ3v) is 5.87. The molecule has 4 atom stereocenters. The van der Waals surface area contributed by atoms with E-state index in [2.05, 4.69) is 36.7 Å². The third-order valence-electron chi connectivity index (χ3n) is 4.85. The fourth-order valence-corrected chi connectivity index (χ4v) is 4.84. The van der Waals surface area contributed by atoms with Crippen LogP contribution in [0.15, 0.2) is 0 Å². The molecule has 0 amide bonds. The first-order chi connectivity index (χ1) is 8.53. The van der Waals surface area contributed by atoms with E-state index >= 15 is 0 Å². The molecule has 0 aromatic carbocycles. The SMILES string of the molecule is CC1CC(C)CC(OC2(CBr)CCCC(C)C2)C1.